The normalized spacial score (nSPS) is 19.1. The summed E-state index contributed by atoms with van der Waals surface area (Å²) in [4.78, 5) is 22.1. The molecule has 0 saturated carbocycles. The van der Waals surface area contributed by atoms with Crippen LogP contribution in [-0.4, -0.2) is 79.4 Å². The molecule has 2 fully saturated rings. The average molecular weight is 528 g/mol. The number of carbonyl (C=O) groups is 1. The second-order valence-electron chi connectivity index (χ2n) is 11.3. The molecule has 39 heavy (non-hydrogen) atoms. The van der Waals surface area contributed by atoms with Gasteiger partial charge in [0.1, 0.15) is 6.33 Å². The van der Waals surface area contributed by atoms with E-state index in [4.69, 9.17) is 9.84 Å². The summed E-state index contributed by atoms with van der Waals surface area (Å²) in [5, 5.41) is 12.4. The lowest BCUT2D eigenvalue weighted by atomic mass is 9.93. The highest BCUT2D eigenvalue weighted by Gasteiger charge is 2.40. The van der Waals surface area contributed by atoms with Gasteiger partial charge in [-0.05, 0) is 56.3 Å². The van der Waals surface area contributed by atoms with Gasteiger partial charge in [-0.25, -0.2) is 9.50 Å². The highest BCUT2D eigenvalue weighted by Crippen LogP contribution is 2.36. The molecule has 0 aliphatic carbocycles. The number of ether oxygens (including phenoxy) is 1. The number of benzene rings is 1. The van der Waals surface area contributed by atoms with Crippen molar-refractivity contribution in [3.8, 4) is 22.5 Å². The molecule has 5 heterocycles. The quantitative estimate of drug-likeness (QED) is 0.378. The summed E-state index contributed by atoms with van der Waals surface area (Å²) < 4.78 is 7.20. The van der Waals surface area contributed by atoms with E-state index >= 15 is 0 Å². The van der Waals surface area contributed by atoms with Gasteiger partial charge in [-0.2, -0.15) is 10.2 Å². The molecule has 1 aromatic carbocycles. The maximum Gasteiger partial charge on any atom is 0.240 e. The number of carbonyl (C=O) groups excluding carboxylic acids is 1. The van der Waals surface area contributed by atoms with Crippen LogP contribution >= 0.6 is 0 Å². The number of pyridine rings is 1. The Morgan fingerprint density at radius 1 is 1.15 bits per heavy atom. The predicted octanol–water partition coefficient (Wildman–Crippen LogP) is 4.60. The number of likely N-dealkylation sites (tertiary alicyclic amines) is 1. The van der Waals surface area contributed by atoms with E-state index in [1.165, 1.54) is 5.56 Å². The molecule has 1 amide bonds. The van der Waals surface area contributed by atoms with Crippen molar-refractivity contribution in [3.63, 3.8) is 0 Å². The van der Waals surface area contributed by atoms with Crippen LogP contribution in [0.4, 0.5) is 0 Å². The molecule has 1 unspecified atom stereocenters. The Kier molecular flexibility index (Phi) is 6.72. The second kappa shape index (κ2) is 10.2. The summed E-state index contributed by atoms with van der Waals surface area (Å²) >= 11 is 0. The summed E-state index contributed by atoms with van der Waals surface area (Å²) in [5.74, 6) is 0.466. The number of aromatic nitrogens is 5. The predicted molar refractivity (Wildman–Crippen MR) is 150 cm³/mol. The molecular formula is C30H37N7O2. The average Bonchev–Trinajstić information content (AvgIpc) is 3.66. The van der Waals surface area contributed by atoms with E-state index in [2.05, 4.69) is 71.2 Å². The number of likely N-dealkylation sites (N-methyl/N-ethyl adjacent to an activating group) is 1. The Hall–Kier alpha value is -3.56. The van der Waals surface area contributed by atoms with E-state index in [1.807, 2.05) is 29.6 Å². The van der Waals surface area contributed by atoms with Gasteiger partial charge in [0.05, 0.1) is 42.7 Å². The summed E-state index contributed by atoms with van der Waals surface area (Å²) in [7, 11) is 1.93. The van der Waals surface area contributed by atoms with Crippen molar-refractivity contribution in [3.05, 3.63) is 59.5 Å². The van der Waals surface area contributed by atoms with Gasteiger partial charge in [-0.3, -0.25) is 14.8 Å². The zero-order chi connectivity index (χ0) is 27.3. The summed E-state index contributed by atoms with van der Waals surface area (Å²) in [6.07, 6.45) is 5.57. The second-order valence-corrected chi connectivity index (χ2v) is 11.3. The van der Waals surface area contributed by atoms with Crippen molar-refractivity contribution in [2.75, 3.05) is 26.8 Å². The van der Waals surface area contributed by atoms with Crippen LogP contribution in [0.2, 0.25) is 0 Å². The number of nitrogens with one attached hydrogen (secondary N) is 1. The van der Waals surface area contributed by atoms with Gasteiger partial charge in [-0.15, -0.1) is 0 Å². The molecule has 2 aliphatic rings. The van der Waals surface area contributed by atoms with Gasteiger partial charge in [0, 0.05) is 29.9 Å². The van der Waals surface area contributed by atoms with Crippen molar-refractivity contribution >= 4 is 11.6 Å². The van der Waals surface area contributed by atoms with Gasteiger partial charge < -0.3 is 9.64 Å². The van der Waals surface area contributed by atoms with Gasteiger partial charge >= 0.3 is 0 Å². The van der Waals surface area contributed by atoms with Gasteiger partial charge in [0.15, 0.2) is 5.65 Å². The van der Waals surface area contributed by atoms with Crippen molar-refractivity contribution in [2.24, 2.45) is 0 Å². The van der Waals surface area contributed by atoms with Gasteiger partial charge in [-0.1, -0.05) is 38.1 Å². The zero-order valence-electron chi connectivity index (χ0n) is 23.4. The number of hydrogen-bond donors (Lipinski definition) is 1. The Morgan fingerprint density at radius 2 is 1.92 bits per heavy atom. The SMILES string of the molecule is Cc1cc(-c2[nH]nc(-c3ccc(C(C)N(C)C(=O)[C@H]4CCCN4C4COC4)cc3)c2C(C)C)cn2ncnc12. The van der Waals surface area contributed by atoms with Crippen molar-refractivity contribution in [2.45, 2.75) is 64.6 Å². The molecule has 2 atom stereocenters. The summed E-state index contributed by atoms with van der Waals surface area (Å²) in [6.45, 7) is 11.0. The molecule has 2 saturated heterocycles. The molecule has 9 heteroatoms. The molecule has 1 N–H and O–H groups in total. The topological polar surface area (TPSA) is 91.7 Å². The van der Waals surface area contributed by atoms with Crippen LogP contribution in [0.1, 0.15) is 62.3 Å². The lowest BCUT2D eigenvalue weighted by Crippen LogP contribution is -2.55. The van der Waals surface area contributed by atoms with Crippen LogP contribution in [0.15, 0.2) is 42.9 Å². The maximum absolute atomic E-state index is 13.5. The van der Waals surface area contributed by atoms with E-state index in [9.17, 15) is 4.79 Å². The first-order chi connectivity index (χ1) is 18.8. The van der Waals surface area contributed by atoms with E-state index in [0.717, 1.165) is 71.9 Å². The van der Waals surface area contributed by atoms with Crippen LogP contribution < -0.4 is 0 Å². The third-order valence-electron chi connectivity index (χ3n) is 8.49. The van der Waals surface area contributed by atoms with Gasteiger partial charge in [0.25, 0.3) is 0 Å². The molecule has 6 rings (SSSR count). The summed E-state index contributed by atoms with van der Waals surface area (Å²) in [6, 6.07) is 10.9. The van der Waals surface area contributed by atoms with Crippen LogP contribution in [0.25, 0.3) is 28.2 Å². The number of H-pyrrole nitrogens is 1. The minimum absolute atomic E-state index is 0.0247. The Morgan fingerprint density at radius 3 is 2.62 bits per heavy atom. The molecule has 0 spiro atoms. The Bertz CT molecular complexity index is 1490. The molecule has 9 nitrogen and oxygen atoms in total. The molecule has 0 radical (unpaired) electrons. The lowest BCUT2D eigenvalue weighted by molar-refractivity contribution is -0.141. The van der Waals surface area contributed by atoms with E-state index in [1.54, 1.807) is 6.33 Å². The molecule has 3 aromatic heterocycles. The Balaban J connectivity index is 1.24. The smallest absolute Gasteiger partial charge is 0.240 e. The number of rotatable bonds is 7. The highest BCUT2D eigenvalue weighted by molar-refractivity contribution is 5.82. The van der Waals surface area contributed by atoms with Crippen LogP contribution in [0.5, 0.6) is 0 Å². The molecule has 0 bridgehead atoms. The third-order valence-corrected chi connectivity index (χ3v) is 8.49. The molecule has 204 valence electrons. The Labute approximate surface area is 229 Å². The molecule has 4 aromatic rings. The first kappa shape index (κ1) is 25.7. The van der Waals surface area contributed by atoms with Crippen LogP contribution in [0.3, 0.4) is 0 Å². The van der Waals surface area contributed by atoms with Crippen molar-refractivity contribution in [1.29, 1.82) is 0 Å². The zero-order valence-corrected chi connectivity index (χ0v) is 23.4. The fraction of sp³-hybridized carbons (Fsp3) is 0.467. The minimum atomic E-state index is -0.0397. The largest absolute Gasteiger partial charge is 0.378 e. The monoisotopic (exact) mass is 527 g/mol. The van der Waals surface area contributed by atoms with Crippen LogP contribution in [-0.2, 0) is 9.53 Å². The maximum atomic E-state index is 13.5. The standard InChI is InChI=1S/C30H37N7O2/c1-18(2)26-27(33-34-28(26)23-13-19(3)29-31-17-32-37(29)14-23)22-10-8-21(9-11-22)20(4)35(5)30(38)25-7-6-12-36(25)24-15-39-16-24/h8-11,13-14,17-18,20,24-25H,6-7,12,15-16H2,1-5H3,(H,33,34)/t20?,25-/m1/s1. The fourth-order valence-electron chi connectivity index (χ4n) is 6.06. The first-order valence-electron chi connectivity index (χ1n) is 13.9. The number of aromatic amines is 1. The molecule has 2 aliphatic heterocycles. The van der Waals surface area contributed by atoms with Gasteiger partial charge in [0.2, 0.25) is 5.91 Å². The number of amides is 1. The third kappa shape index (κ3) is 4.53. The summed E-state index contributed by atoms with van der Waals surface area (Å²) in [5.41, 5.74) is 8.24. The minimum Gasteiger partial charge on any atom is -0.378 e. The number of fused-ring (bicyclic) bond motifs is 1. The van der Waals surface area contributed by atoms with E-state index < -0.39 is 0 Å². The number of hydrogen-bond acceptors (Lipinski definition) is 6. The van der Waals surface area contributed by atoms with Crippen molar-refractivity contribution in [1.82, 2.24) is 34.6 Å². The van der Waals surface area contributed by atoms with E-state index in [-0.39, 0.29) is 23.9 Å². The van der Waals surface area contributed by atoms with E-state index in [0.29, 0.717) is 6.04 Å². The fourth-order valence-corrected chi connectivity index (χ4v) is 6.06. The number of aryl methyl sites for hydroxylation is 1. The lowest BCUT2D eigenvalue weighted by Gasteiger charge is -2.39. The number of nitrogens with zero attached hydrogens (tertiary/aromatic N) is 6. The van der Waals surface area contributed by atoms with Crippen LogP contribution in [0, 0.1) is 6.92 Å². The highest BCUT2D eigenvalue weighted by atomic mass is 16.5. The van der Waals surface area contributed by atoms with Crippen molar-refractivity contribution < 1.29 is 9.53 Å². The molecular weight excluding hydrogens is 490 g/mol. The first-order valence-corrected chi connectivity index (χ1v) is 13.9.